The molecular formula is C28H32ClNO4. The lowest BCUT2D eigenvalue weighted by atomic mass is 9.68. The summed E-state index contributed by atoms with van der Waals surface area (Å²) in [6, 6.07) is 11.3. The lowest BCUT2D eigenvalue weighted by Gasteiger charge is -2.45. The third-order valence-corrected chi connectivity index (χ3v) is 8.35. The molecule has 3 aliphatic rings. The summed E-state index contributed by atoms with van der Waals surface area (Å²) in [7, 11) is 0. The van der Waals surface area contributed by atoms with E-state index in [0.29, 0.717) is 18.9 Å². The summed E-state index contributed by atoms with van der Waals surface area (Å²) in [6.45, 7) is 5.84. The van der Waals surface area contributed by atoms with E-state index in [9.17, 15) is 15.0 Å². The fourth-order valence-electron chi connectivity index (χ4n) is 6.20. The summed E-state index contributed by atoms with van der Waals surface area (Å²) in [6.07, 6.45) is 7.15. The van der Waals surface area contributed by atoms with Crippen molar-refractivity contribution in [3.63, 3.8) is 0 Å². The second-order valence-corrected chi connectivity index (χ2v) is 10.6. The van der Waals surface area contributed by atoms with Crippen LogP contribution in [0.5, 0.6) is 5.75 Å². The molecule has 6 heteroatoms. The summed E-state index contributed by atoms with van der Waals surface area (Å²) in [5.41, 5.74) is 3.47. The molecule has 2 aliphatic carbocycles. The first-order valence-electron chi connectivity index (χ1n) is 12.2. The van der Waals surface area contributed by atoms with Crippen LogP contribution in [0.2, 0.25) is 5.02 Å². The molecule has 0 radical (unpaired) electrons. The molecule has 1 fully saturated rings. The number of aromatic carboxylic acids is 1. The van der Waals surface area contributed by atoms with Crippen molar-refractivity contribution in [2.45, 2.75) is 50.0 Å². The molecule has 2 unspecified atom stereocenters. The smallest absolute Gasteiger partial charge is 0.335 e. The van der Waals surface area contributed by atoms with E-state index >= 15 is 0 Å². The Balaban J connectivity index is 1.52. The third-order valence-electron chi connectivity index (χ3n) is 8.12. The molecule has 1 saturated carbocycles. The molecule has 2 N–H and O–H groups in total. The van der Waals surface area contributed by atoms with Crippen LogP contribution in [0, 0.1) is 11.8 Å². The lowest BCUT2D eigenvalue weighted by Crippen LogP contribution is -2.49. The maximum absolute atomic E-state index is 11.8. The van der Waals surface area contributed by atoms with Crippen LogP contribution in [0.25, 0.3) is 0 Å². The highest BCUT2D eigenvalue weighted by atomic mass is 35.5. The highest BCUT2D eigenvalue weighted by Crippen LogP contribution is 2.46. The number of ether oxygens (including phenoxy) is 1. The van der Waals surface area contributed by atoms with Crippen LogP contribution in [0.3, 0.4) is 0 Å². The van der Waals surface area contributed by atoms with Gasteiger partial charge in [-0.25, -0.2) is 4.79 Å². The van der Waals surface area contributed by atoms with E-state index in [1.165, 1.54) is 11.1 Å². The maximum atomic E-state index is 11.8. The molecule has 0 bridgehead atoms. The molecule has 1 heterocycles. The number of rotatable bonds is 6. The van der Waals surface area contributed by atoms with Crippen LogP contribution >= 0.6 is 11.6 Å². The summed E-state index contributed by atoms with van der Waals surface area (Å²) >= 11 is 6.32. The summed E-state index contributed by atoms with van der Waals surface area (Å²) in [4.78, 5) is 14.1. The number of aryl methyl sites for hydroxylation is 1. The topological polar surface area (TPSA) is 70.0 Å². The number of carbonyl (C=O) groups is 1. The number of hydrogen-bond acceptors (Lipinski definition) is 4. The van der Waals surface area contributed by atoms with Crippen molar-refractivity contribution in [3.05, 3.63) is 70.8 Å². The van der Waals surface area contributed by atoms with E-state index in [-0.39, 0.29) is 23.0 Å². The zero-order valence-electron chi connectivity index (χ0n) is 19.4. The van der Waals surface area contributed by atoms with Gasteiger partial charge in [0, 0.05) is 23.5 Å². The molecular weight excluding hydrogens is 450 g/mol. The van der Waals surface area contributed by atoms with Crippen LogP contribution in [-0.2, 0) is 11.8 Å². The van der Waals surface area contributed by atoms with Gasteiger partial charge < -0.3 is 19.8 Å². The average Bonchev–Trinajstić information content (AvgIpc) is 2.94. The number of anilines is 1. The van der Waals surface area contributed by atoms with Gasteiger partial charge in [-0.05, 0) is 91.8 Å². The van der Waals surface area contributed by atoms with Crippen molar-refractivity contribution >= 4 is 23.3 Å². The molecule has 0 aromatic heterocycles. The van der Waals surface area contributed by atoms with E-state index in [4.69, 9.17) is 16.3 Å². The minimum Gasteiger partial charge on any atom is -0.490 e. The fourth-order valence-corrected chi connectivity index (χ4v) is 6.40. The quantitative estimate of drug-likeness (QED) is 0.535. The monoisotopic (exact) mass is 481 g/mol. The number of hydrogen-bond donors (Lipinski definition) is 2. The fraction of sp³-hybridized carbons (Fsp3) is 0.464. The SMILES string of the molecule is C=CC[C@@H](O)[C@@H]1CCC1CN1CC2(CCCc3cc(Cl)ccc32)COc2ccc(C(=O)O)cc21. The van der Waals surface area contributed by atoms with Gasteiger partial charge in [-0.2, -0.15) is 0 Å². The first kappa shape index (κ1) is 23.3. The van der Waals surface area contributed by atoms with E-state index in [2.05, 4.69) is 23.6 Å². The highest BCUT2D eigenvalue weighted by Gasteiger charge is 2.44. The molecule has 5 rings (SSSR count). The molecule has 0 saturated heterocycles. The Morgan fingerprint density at radius 1 is 1.29 bits per heavy atom. The Labute approximate surface area is 206 Å². The Morgan fingerprint density at radius 3 is 2.88 bits per heavy atom. The first-order chi connectivity index (χ1) is 16.4. The number of carboxylic acid groups (broad SMARTS) is 1. The zero-order chi connectivity index (χ0) is 23.9. The number of carboxylic acids is 1. The number of aliphatic hydroxyl groups is 1. The predicted molar refractivity (Wildman–Crippen MR) is 134 cm³/mol. The maximum Gasteiger partial charge on any atom is 0.335 e. The second kappa shape index (κ2) is 9.27. The molecule has 0 amide bonds. The van der Waals surface area contributed by atoms with Gasteiger partial charge in [-0.3, -0.25) is 0 Å². The molecule has 2 aromatic rings. The standard InChI is InChI=1S/C28H32ClNO4/c1-2-4-25(31)22-9-6-20(22)15-30-16-28(12-3-5-18-13-21(29)8-10-23(18)28)17-34-26-11-7-19(27(32)33)14-24(26)30/h2,7-8,10-11,13-14,20,22,25,31H,1,3-6,9,12,15-17H2,(H,32,33)/t20?,22-,25-,28?/m1/s1. The molecule has 4 atom stereocenters. The van der Waals surface area contributed by atoms with Crippen molar-refractivity contribution in [2.75, 3.05) is 24.6 Å². The van der Waals surface area contributed by atoms with Crippen molar-refractivity contribution in [1.82, 2.24) is 0 Å². The molecule has 1 aliphatic heterocycles. The van der Waals surface area contributed by atoms with Gasteiger partial charge in [0.05, 0.1) is 24.0 Å². The van der Waals surface area contributed by atoms with Crippen molar-refractivity contribution in [3.8, 4) is 5.75 Å². The minimum absolute atomic E-state index is 0.195. The summed E-state index contributed by atoms with van der Waals surface area (Å²) in [5.74, 6) is 0.370. The molecule has 2 aromatic carbocycles. The lowest BCUT2D eigenvalue weighted by molar-refractivity contribution is 0.0178. The number of fused-ring (bicyclic) bond motifs is 3. The number of nitrogens with zero attached hydrogens (tertiary/aromatic N) is 1. The molecule has 1 spiro atoms. The van der Waals surface area contributed by atoms with E-state index < -0.39 is 5.97 Å². The highest BCUT2D eigenvalue weighted by molar-refractivity contribution is 6.30. The third kappa shape index (κ3) is 4.20. The van der Waals surface area contributed by atoms with Gasteiger partial charge in [0.2, 0.25) is 0 Å². The molecule has 34 heavy (non-hydrogen) atoms. The van der Waals surface area contributed by atoms with Crippen LogP contribution in [0.15, 0.2) is 49.1 Å². The minimum atomic E-state index is -0.942. The normalized spacial score (nSPS) is 26.5. The van der Waals surface area contributed by atoms with Gasteiger partial charge in [0.25, 0.3) is 0 Å². The Hall–Kier alpha value is -2.50. The van der Waals surface area contributed by atoms with E-state index in [0.717, 1.165) is 61.7 Å². The van der Waals surface area contributed by atoms with Crippen LogP contribution < -0.4 is 9.64 Å². The van der Waals surface area contributed by atoms with E-state index in [1.54, 1.807) is 24.3 Å². The van der Waals surface area contributed by atoms with Crippen LogP contribution in [0.4, 0.5) is 5.69 Å². The zero-order valence-corrected chi connectivity index (χ0v) is 20.1. The largest absolute Gasteiger partial charge is 0.490 e. The Kier molecular flexibility index (Phi) is 6.34. The molecule has 5 nitrogen and oxygen atoms in total. The summed E-state index contributed by atoms with van der Waals surface area (Å²) in [5, 5.41) is 21.0. The first-order valence-corrected chi connectivity index (χ1v) is 12.6. The van der Waals surface area contributed by atoms with Crippen LogP contribution in [0.1, 0.15) is 53.6 Å². The van der Waals surface area contributed by atoms with Crippen molar-refractivity contribution in [2.24, 2.45) is 11.8 Å². The summed E-state index contributed by atoms with van der Waals surface area (Å²) < 4.78 is 6.41. The number of aliphatic hydroxyl groups excluding tert-OH is 1. The van der Waals surface area contributed by atoms with Gasteiger partial charge in [0.1, 0.15) is 5.75 Å². The second-order valence-electron chi connectivity index (χ2n) is 10.2. The number of halogens is 1. The average molecular weight is 482 g/mol. The van der Waals surface area contributed by atoms with Crippen LogP contribution in [-0.4, -0.2) is 42.0 Å². The van der Waals surface area contributed by atoms with Gasteiger partial charge >= 0.3 is 5.97 Å². The van der Waals surface area contributed by atoms with Crippen molar-refractivity contribution in [1.29, 1.82) is 0 Å². The van der Waals surface area contributed by atoms with Gasteiger partial charge in [-0.1, -0.05) is 23.7 Å². The van der Waals surface area contributed by atoms with Gasteiger partial charge in [-0.15, -0.1) is 6.58 Å². The Morgan fingerprint density at radius 2 is 2.15 bits per heavy atom. The van der Waals surface area contributed by atoms with E-state index in [1.807, 2.05) is 6.07 Å². The number of benzene rings is 2. The van der Waals surface area contributed by atoms with Gasteiger partial charge in [0.15, 0.2) is 0 Å². The predicted octanol–water partition coefficient (Wildman–Crippen LogP) is 5.47. The molecule has 180 valence electrons. The van der Waals surface area contributed by atoms with Crippen molar-refractivity contribution < 1.29 is 19.7 Å². The Bertz CT molecular complexity index is 1100.